The first-order valence-corrected chi connectivity index (χ1v) is 15.3. The van der Waals surface area contributed by atoms with E-state index in [-0.39, 0.29) is 37.0 Å². The number of ether oxygens (including phenoxy) is 4. The molecule has 5 rings (SSSR count). The molecule has 10 heteroatoms. The molecule has 1 saturated carbocycles. The molecule has 1 fully saturated rings. The molecule has 0 N–H and O–H groups in total. The highest BCUT2D eigenvalue weighted by Crippen LogP contribution is 2.31. The van der Waals surface area contributed by atoms with Crippen molar-refractivity contribution in [3.8, 4) is 28.5 Å². The van der Waals surface area contributed by atoms with E-state index in [0.717, 1.165) is 47.4 Å². The number of aryl methyl sites for hydroxylation is 1. The van der Waals surface area contributed by atoms with E-state index in [9.17, 15) is 9.59 Å². The molecule has 0 saturated heterocycles. The van der Waals surface area contributed by atoms with Crippen LogP contribution in [-0.4, -0.2) is 59.2 Å². The van der Waals surface area contributed by atoms with E-state index >= 15 is 0 Å². The van der Waals surface area contributed by atoms with Crippen molar-refractivity contribution >= 4 is 18.0 Å². The summed E-state index contributed by atoms with van der Waals surface area (Å²) >= 11 is 0. The number of rotatable bonds is 12. The number of amides is 1. The minimum absolute atomic E-state index is 0.0470. The maximum atomic E-state index is 13.7. The van der Waals surface area contributed by atoms with E-state index in [2.05, 4.69) is 10.3 Å². The highest BCUT2D eigenvalue weighted by Gasteiger charge is 2.29. The molecule has 1 heterocycles. The molecule has 1 aliphatic rings. The zero-order valence-electron chi connectivity index (χ0n) is 26.7. The molecule has 2 atom stereocenters. The summed E-state index contributed by atoms with van der Waals surface area (Å²) in [4.78, 5) is 27.5. The van der Waals surface area contributed by atoms with E-state index in [1.807, 2.05) is 73.8 Å². The van der Waals surface area contributed by atoms with E-state index in [4.69, 9.17) is 18.9 Å². The molecule has 1 aromatic heterocycles. The SMILES string of the molecule is COC(=O)[C@H]1CCC[C@H](Oc2ccc(-c3nnn(C)c3CN(Cc3ccc(OC)cc3OC)C(=O)C=Cc3ccccc3)cc2)C1. The minimum Gasteiger partial charge on any atom is -0.497 e. The molecule has 240 valence electrons. The smallest absolute Gasteiger partial charge is 0.308 e. The molecule has 10 nitrogen and oxygen atoms in total. The zero-order valence-corrected chi connectivity index (χ0v) is 26.7. The third kappa shape index (κ3) is 7.93. The topological polar surface area (TPSA) is 105 Å². The number of carbonyl (C=O) groups is 2. The molecule has 1 aliphatic carbocycles. The molecule has 0 bridgehead atoms. The van der Waals surface area contributed by atoms with Crippen LogP contribution in [0.15, 0.2) is 78.9 Å². The van der Waals surface area contributed by atoms with Gasteiger partial charge in [-0.25, -0.2) is 4.68 Å². The highest BCUT2D eigenvalue weighted by atomic mass is 16.5. The molecule has 0 spiro atoms. The largest absolute Gasteiger partial charge is 0.497 e. The molecular weight excluding hydrogens is 584 g/mol. The first kappa shape index (κ1) is 32.3. The summed E-state index contributed by atoms with van der Waals surface area (Å²) in [5.74, 6) is 1.54. The Hall–Kier alpha value is -5.12. The lowest BCUT2D eigenvalue weighted by Crippen LogP contribution is -2.30. The second kappa shape index (κ2) is 15.2. The number of hydrogen-bond donors (Lipinski definition) is 0. The summed E-state index contributed by atoms with van der Waals surface area (Å²) < 4.78 is 23.9. The van der Waals surface area contributed by atoms with E-state index < -0.39 is 0 Å². The van der Waals surface area contributed by atoms with Gasteiger partial charge in [0.1, 0.15) is 22.9 Å². The van der Waals surface area contributed by atoms with Crippen LogP contribution in [0.4, 0.5) is 0 Å². The van der Waals surface area contributed by atoms with Crippen molar-refractivity contribution in [3.05, 3.63) is 95.7 Å². The lowest BCUT2D eigenvalue weighted by Gasteiger charge is -2.28. The van der Waals surface area contributed by atoms with Crippen LogP contribution in [0.5, 0.6) is 17.2 Å². The number of esters is 1. The number of carbonyl (C=O) groups excluding carboxylic acids is 2. The standard InChI is InChI=1S/C36H40N4O6/c1-39-32(35(37-38-39)26-14-17-29(18-15-26)46-31-12-8-11-27(21-31)36(42)45-4)24-40(34(41)20-13-25-9-6-5-7-10-25)23-28-16-19-30(43-2)22-33(28)44-3/h5-7,9-10,13-20,22,27,31H,8,11-12,21,23-24H2,1-4H3/t27-,31-/m0/s1. The monoisotopic (exact) mass is 624 g/mol. The van der Waals surface area contributed by atoms with Gasteiger partial charge in [-0.3, -0.25) is 9.59 Å². The van der Waals surface area contributed by atoms with Gasteiger partial charge in [0.15, 0.2) is 0 Å². The first-order valence-electron chi connectivity index (χ1n) is 15.3. The Morgan fingerprint density at radius 3 is 2.41 bits per heavy atom. The van der Waals surface area contributed by atoms with Crippen molar-refractivity contribution < 1.29 is 28.5 Å². The summed E-state index contributed by atoms with van der Waals surface area (Å²) in [5, 5.41) is 8.77. The summed E-state index contributed by atoms with van der Waals surface area (Å²) in [6.07, 6.45) is 6.62. The van der Waals surface area contributed by atoms with Crippen LogP contribution < -0.4 is 14.2 Å². The molecule has 0 radical (unpaired) electrons. The Kier molecular flexibility index (Phi) is 10.7. The van der Waals surface area contributed by atoms with Gasteiger partial charge in [0, 0.05) is 30.3 Å². The van der Waals surface area contributed by atoms with Crippen molar-refractivity contribution in [2.24, 2.45) is 13.0 Å². The average Bonchev–Trinajstić information content (AvgIpc) is 3.46. The predicted molar refractivity (Wildman–Crippen MR) is 174 cm³/mol. The van der Waals surface area contributed by atoms with E-state index in [1.54, 1.807) is 42.0 Å². The Balaban J connectivity index is 1.37. The summed E-state index contributed by atoms with van der Waals surface area (Å²) in [6.45, 7) is 0.539. The summed E-state index contributed by atoms with van der Waals surface area (Å²) in [5.41, 5.74) is 4.05. The Morgan fingerprint density at radius 2 is 1.70 bits per heavy atom. The average molecular weight is 625 g/mol. The maximum Gasteiger partial charge on any atom is 0.308 e. The molecule has 0 unspecified atom stereocenters. The summed E-state index contributed by atoms with van der Waals surface area (Å²) in [6, 6.07) is 23.0. The highest BCUT2D eigenvalue weighted by molar-refractivity contribution is 5.91. The number of nitrogens with zero attached hydrogens (tertiary/aromatic N) is 4. The van der Waals surface area contributed by atoms with Crippen LogP contribution in [-0.2, 0) is 34.5 Å². The quantitative estimate of drug-likeness (QED) is 0.143. The third-order valence-corrected chi connectivity index (χ3v) is 8.26. The molecule has 3 aromatic carbocycles. The second-order valence-electron chi connectivity index (χ2n) is 11.3. The number of methoxy groups -OCH3 is 3. The van der Waals surface area contributed by atoms with Gasteiger partial charge in [0.2, 0.25) is 5.91 Å². The minimum atomic E-state index is -0.174. The van der Waals surface area contributed by atoms with Gasteiger partial charge < -0.3 is 23.8 Å². The van der Waals surface area contributed by atoms with Gasteiger partial charge in [-0.1, -0.05) is 35.5 Å². The lowest BCUT2D eigenvalue weighted by molar-refractivity contribution is -0.147. The fourth-order valence-corrected chi connectivity index (χ4v) is 5.71. The van der Waals surface area contributed by atoms with Gasteiger partial charge in [-0.05, 0) is 73.7 Å². The number of aromatic nitrogens is 3. The van der Waals surface area contributed by atoms with E-state index in [1.165, 1.54) is 7.11 Å². The first-order chi connectivity index (χ1) is 22.4. The van der Waals surface area contributed by atoms with Gasteiger partial charge >= 0.3 is 5.97 Å². The van der Waals surface area contributed by atoms with Crippen molar-refractivity contribution in [1.82, 2.24) is 19.9 Å². The van der Waals surface area contributed by atoms with Gasteiger partial charge in [0.25, 0.3) is 0 Å². The van der Waals surface area contributed by atoms with Gasteiger partial charge in [-0.15, -0.1) is 5.10 Å². The van der Waals surface area contributed by atoms with Crippen molar-refractivity contribution in [1.29, 1.82) is 0 Å². The Morgan fingerprint density at radius 1 is 0.935 bits per heavy atom. The fraction of sp³-hybridized carbons (Fsp3) is 0.333. The van der Waals surface area contributed by atoms with E-state index in [0.29, 0.717) is 23.6 Å². The van der Waals surface area contributed by atoms with Crippen molar-refractivity contribution in [2.45, 2.75) is 44.9 Å². The van der Waals surface area contributed by atoms with Crippen LogP contribution in [0.25, 0.3) is 17.3 Å². The third-order valence-electron chi connectivity index (χ3n) is 8.26. The second-order valence-corrected chi connectivity index (χ2v) is 11.3. The van der Waals surface area contributed by atoms with Crippen LogP contribution in [0, 0.1) is 5.92 Å². The van der Waals surface area contributed by atoms with Gasteiger partial charge in [0.05, 0.1) is 52.1 Å². The molecular formula is C36H40N4O6. The molecule has 1 amide bonds. The zero-order chi connectivity index (χ0) is 32.5. The normalized spacial score (nSPS) is 16.2. The number of benzene rings is 3. The Bertz CT molecular complexity index is 1650. The van der Waals surface area contributed by atoms with Crippen LogP contribution in [0.1, 0.15) is 42.5 Å². The van der Waals surface area contributed by atoms with Crippen LogP contribution in [0.3, 0.4) is 0 Å². The van der Waals surface area contributed by atoms with Crippen LogP contribution >= 0.6 is 0 Å². The predicted octanol–water partition coefficient (Wildman–Crippen LogP) is 5.85. The molecule has 0 aliphatic heterocycles. The lowest BCUT2D eigenvalue weighted by atomic mass is 9.87. The Labute approximate surface area is 269 Å². The fourth-order valence-electron chi connectivity index (χ4n) is 5.71. The van der Waals surface area contributed by atoms with Crippen molar-refractivity contribution in [2.75, 3.05) is 21.3 Å². The van der Waals surface area contributed by atoms with Crippen molar-refractivity contribution in [3.63, 3.8) is 0 Å². The number of hydrogen-bond acceptors (Lipinski definition) is 8. The van der Waals surface area contributed by atoms with Crippen LogP contribution in [0.2, 0.25) is 0 Å². The maximum absolute atomic E-state index is 13.7. The molecule has 46 heavy (non-hydrogen) atoms. The van der Waals surface area contributed by atoms with Gasteiger partial charge in [-0.2, -0.15) is 0 Å². The molecule has 4 aromatic rings. The summed E-state index contributed by atoms with van der Waals surface area (Å²) in [7, 11) is 6.45.